The molecular weight excluding hydrogens is 951 g/mol. The lowest BCUT2D eigenvalue weighted by atomic mass is 10.2. The van der Waals surface area contributed by atoms with Crippen LogP contribution in [-0.4, -0.2) is 173 Å². The van der Waals surface area contributed by atoms with Crippen LogP contribution in [0.25, 0.3) is 0 Å². The second-order valence-corrected chi connectivity index (χ2v) is 22.1. The van der Waals surface area contributed by atoms with Gasteiger partial charge in [-0.05, 0) is 90.0 Å². The van der Waals surface area contributed by atoms with Gasteiger partial charge in [-0.3, -0.25) is 29.4 Å². The van der Waals surface area contributed by atoms with Gasteiger partial charge in [0.15, 0.2) is 17.9 Å². The van der Waals surface area contributed by atoms with Gasteiger partial charge in [-0.1, -0.05) is 30.3 Å². The van der Waals surface area contributed by atoms with E-state index in [9.17, 15) is 14.4 Å². The van der Waals surface area contributed by atoms with Crippen LogP contribution >= 0.6 is 70.6 Å². The molecule has 0 saturated carbocycles. The van der Waals surface area contributed by atoms with Crippen molar-refractivity contribution in [2.45, 2.75) is 62.9 Å². The van der Waals surface area contributed by atoms with Crippen molar-refractivity contribution in [3.8, 4) is 0 Å². The Labute approximate surface area is 421 Å². The van der Waals surface area contributed by atoms with Crippen molar-refractivity contribution in [1.82, 2.24) is 14.7 Å². The largest absolute Gasteiger partial charge is 0.370 e. The zero-order valence-corrected chi connectivity index (χ0v) is 44.1. The molecule has 0 aliphatic heterocycles. The fraction of sp³-hybridized carbons (Fsp3) is 0.682. The minimum atomic E-state index is 0.0209. The average Bonchev–Trinajstić information content (AvgIpc) is 3.28. The van der Waals surface area contributed by atoms with Crippen molar-refractivity contribution >= 4 is 106 Å². The van der Waals surface area contributed by atoms with Crippen LogP contribution in [0.2, 0.25) is 0 Å². The third-order valence-corrected chi connectivity index (χ3v) is 16.0. The molecule has 0 atom stereocenters. The van der Waals surface area contributed by atoms with Crippen LogP contribution in [0.1, 0.15) is 62.5 Å². The van der Waals surface area contributed by atoms with E-state index in [1.54, 1.807) is 34.5 Å². The summed E-state index contributed by atoms with van der Waals surface area (Å²) in [5.41, 5.74) is 41.0. The lowest BCUT2D eigenvalue weighted by Gasteiger charge is -2.22. The minimum Gasteiger partial charge on any atom is -0.370 e. The van der Waals surface area contributed by atoms with E-state index < -0.39 is 0 Å². The third kappa shape index (κ3) is 35.4. The normalized spacial score (nSPS) is 10.9. The van der Waals surface area contributed by atoms with Gasteiger partial charge in [-0.15, -0.1) is 6.58 Å². The Hall–Kier alpha value is -2.76. The molecule has 0 aliphatic rings. The Morgan fingerprint density at radius 3 is 1.30 bits per heavy atom. The maximum atomic E-state index is 13.3. The molecule has 66 heavy (non-hydrogen) atoms. The standard InChI is InChI=1S/C44H81N13O3S6/c1-2-18-55(21-15-52-42(46)47)39(58)11-31-63-30-8-28-62-25-5-19-56(22-16-53-43(48)49)41(60)13-33-66-36-38-10-3-9-37(34-38)35-65-26-6-20-57(23-17-54-44(50)51)40(59)12-32-64-29-7-27-61-24-4-14-45/h2-3,9-10,34H,1,4-8,11-33,35-36,45H2,(H4,46,47,52)(H4,48,49,53)(H4,50,51,54). The minimum absolute atomic E-state index is 0.0209. The Kier molecular flexibility index (Phi) is 39.3. The highest BCUT2D eigenvalue weighted by Gasteiger charge is 2.15. The smallest absolute Gasteiger partial charge is 0.223 e. The van der Waals surface area contributed by atoms with Crippen LogP contribution in [0, 0.1) is 0 Å². The van der Waals surface area contributed by atoms with Gasteiger partial charge in [0.2, 0.25) is 17.7 Å². The molecule has 0 saturated heterocycles. The predicted octanol–water partition coefficient (Wildman–Crippen LogP) is 3.66. The zero-order valence-electron chi connectivity index (χ0n) is 39.2. The van der Waals surface area contributed by atoms with Crippen LogP contribution in [-0.2, 0) is 25.9 Å². The first-order valence-electron chi connectivity index (χ1n) is 22.8. The number of carbonyl (C=O) groups is 3. The van der Waals surface area contributed by atoms with E-state index in [2.05, 4.69) is 45.8 Å². The average molecular weight is 1030 g/mol. The van der Waals surface area contributed by atoms with Gasteiger partial charge in [0.1, 0.15) is 0 Å². The summed E-state index contributed by atoms with van der Waals surface area (Å²) in [7, 11) is 0. The number of aliphatic imine (C=N–C) groups is 3. The Morgan fingerprint density at radius 2 is 0.864 bits per heavy atom. The van der Waals surface area contributed by atoms with Gasteiger partial charge >= 0.3 is 0 Å². The second kappa shape index (κ2) is 42.4. The molecule has 22 heteroatoms. The number of nitrogens with zero attached hydrogens (tertiary/aromatic N) is 6. The molecule has 0 aromatic heterocycles. The Bertz CT molecular complexity index is 1550. The van der Waals surface area contributed by atoms with E-state index >= 15 is 0 Å². The number of carbonyl (C=O) groups excluding carboxylic acids is 3. The van der Waals surface area contributed by atoms with Crippen molar-refractivity contribution < 1.29 is 14.4 Å². The summed E-state index contributed by atoms with van der Waals surface area (Å²) in [5.74, 6) is 11.7. The molecular formula is C44H81N13O3S6. The molecule has 0 fully saturated rings. The first-order valence-corrected chi connectivity index (χ1v) is 29.7. The Morgan fingerprint density at radius 1 is 0.500 bits per heavy atom. The summed E-state index contributed by atoms with van der Waals surface area (Å²) in [6.07, 6.45) is 8.20. The first-order chi connectivity index (χ1) is 32.0. The number of guanidine groups is 3. The molecule has 0 spiro atoms. The third-order valence-electron chi connectivity index (χ3n) is 9.39. The van der Waals surface area contributed by atoms with Crippen molar-refractivity contribution in [1.29, 1.82) is 0 Å². The highest BCUT2D eigenvalue weighted by molar-refractivity contribution is 8.00. The molecule has 0 bridgehead atoms. The van der Waals surface area contributed by atoms with Gasteiger partial charge in [-0.2, -0.15) is 70.6 Å². The van der Waals surface area contributed by atoms with Crippen molar-refractivity contribution in [2.75, 3.05) is 123 Å². The molecule has 3 amide bonds. The van der Waals surface area contributed by atoms with Gasteiger partial charge in [0.05, 0.1) is 19.6 Å². The number of thioether (sulfide) groups is 6. The summed E-state index contributed by atoms with van der Waals surface area (Å²) in [4.78, 5) is 56.7. The van der Waals surface area contributed by atoms with Crippen molar-refractivity contribution in [3.05, 3.63) is 48.0 Å². The summed E-state index contributed by atoms with van der Waals surface area (Å²) < 4.78 is 0. The molecule has 1 rings (SSSR count). The topological polar surface area (TPSA) is 280 Å². The van der Waals surface area contributed by atoms with E-state index in [1.807, 2.05) is 56.8 Å². The molecule has 14 N–H and O–H groups in total. The van der Waals surface area contributed by atoms with Gasteiger partial charge in [0, 0.05) is 87.3 Å². The number of rotatable bonds is 43. The fourth-order valence-corrected chi connectivity index (χ4v) is 11.8. The number of nitrogens with two attached hydrogens (primary N) is 7. The fourth-order valence-electron chi connectivity index (χ4n) is 6.07. The number of amides is 3. The number of hydrogen-bond donors (Lipinski definition) is 7. The van der Waals surface area contributed by atoms with E-state index in [1.165, 1.54) is 11.1 Å². The van der Waals surface area contributed by atoms with Gasteiger partial charge in [0.25, 0.3) is 0 Å². The molecule has 0 heterocycles. The molecule has 0 unspecified atom stereocenters. The maximum absolute atomic E-state index is 13.3. The summed E-state index contributed by atoms with van der Waals surface area (Å²) >= 11 is 11.1. The zero-order chi connectivity index (χ0) is 48.5. The quantitative estimate of drug-likeness (QED) is 0.0213. The molecule has 16 nitrogen and oxygen atoms in total. The van der Waals surface area contributed by atoms with Crippen LogP contribution in [0.5, 0.6) is 0 Å². The highest BCUT2D eigenvalue weighted by Crippen LogP contribution is 2.20. The van der Waals surface area contributed by atoms with Gasteiger partial charge in [-0.25, -0.2) is 0 Å². The van der Waals surface area contributed by atoms with Crippen molar-refractivity contribution in [3.63, 3.8) is 0 Å². The van der Waals surface area contributed by atoms with Gasteiger partial charge < -0.3 is 54.8 Å². The predicted molar refractivity (Wildman–Crippen MR) is 296 cm³/mol. The summed E-state index contributed by atoms with van der Waals surface area (Å²) in [5, 5.41) is 0. The first kappa shape index (κ1) is 61.3. The second-order valence-electron chi connectivity index (χ2n) is 15.0. The Balaban J connectivity index is 2.40. The SMILES string of the molecule is C=CCN(CCN=C(N)N)C(=O)CCSCCCSCCCN(CCN=C(N)N)C(=O)CCSCc1cccc(CSCCCN(CCN=C(N)N)C(=O)CCSCCCSCCCN)c1. The summed E-state index contributed by atoms with van der Waals surface area (Å²) in [6, 6.07) is 8.65. The molecule has 1 aromatic carbocycles. The molecule has 376 valence electrons. The van der Waals surface area contributed by atoms with E-state index in [0.29, 0.717) is 78.2 Å². The summed E-state index contributed by atoms with van der Waals surface area (Å²) in [6.45, 7) is 8.94. The molecule has 0 aliphatic carbocycles. The van der Waals surface area contributed by atoms with E-state index in [0.717, 1.165) is 108 Å². The van der Waals surface area contributed by atoms with E-state index in [4.69, 9.17) is 40.1 Å². The van der Waals surface area contributed by atoms with Crippen molar-refractivity contribution in [2.24, 2.45) is 55.1 Å². The van der Waals surface area contributed by atoms with Crippen LogP contribution in [0.4, 0.5) is 0 Å². The number of hydrogen-bond acceptors (Lipinski definition) is 13. The monoisotopic (exact) mass is 1030 g/mol. The lowest BCUT2D eigenvalue weighted by molar-refractivity contribution is -0.131. The maximum Gasteiger partial charge on any atom is 0.223 e. The molecule has 0 radical (unpaired) electrons. The lowest BCUT2D eigenvalue weighted by Crippen LogP contribution is -2.35. The molecule has 1 aromatic rings. The van der Waals surface area contributed by atoms with Crippen LogP contribution in [0.3, 0.4) is 0 Å². The highest BCUT2D eigenvalue weighted by atomic mass is 32.2. The number of benzene rings is 1. The van der Waals surface area contributed by atoms with Crippen LogP contribution < -0.4 is 40.1 Å². The van der Waals surface area contributed by atoms with Crippen LogP contribution in [0.15, 0.2) is 51.9 Å². The van der Waals surface area contributed by atoms with E-state index in [-0.39, 0.29) is 35.6 Å².